The molecule has 0 spiro atoms. The van der Waals surface area contributed by atoms with E-state index >= 15 is 0 Å². The topological polar surface area (TPSA) is 286 Å². The van der Waals surface area contributed by atoms with Crippen molar-refractivity contribution in [3.8, 4) is 46.2 Å². The molecular formula is C63H63FN10O8. The van der Waals surface area contributed by atoms with Crippen LogP contribution in [0.25, 0.3) is 44.3 Å². The van der Waals surface area contributed by atoms with Gasteiger partial charge in [-0.15, -0.1) is 0 Å². The van der Waals surface area contributed by atoms with Gasteiger partial charge >= 0.3 is 5.97 Å². The minimum Gasteiger partial charge on any atom is -0.483 e. The quantitative estimate of drug-likeness (QED) is 0.0187. The second-order valence-corrected chi connectivity index (χ2v) is 18.7. The summed E-state index contributed by atoms with van der Waals surface area (Å²) >= 11 is 0. The fourth-order valence-corrected chi connectivity index (χ4v) is 8.01. The van der Waals surface area contributed by atoms with Crippen molar-refractivity contribution in [1.29, 1.82) is 0 Å². The van der Waals surface area contributed by atoms with Crippen molar-refractivity contribution in [2.24, 2.45) is 23.5 Å². The van der Waals surface area contributed by atoms with E-state index < -0.39 is 23.8 Å². The highest BCUT2D eigenvalue weighted by atomic mass is 19.1. The van der Waals surface area contributed by atoms with Gasteiger partial charge in [0, 0.05) is 82.0 Å². The molecule has 0 aliphatic carbocycles. The lowest BCUT2D eigenvalue weighted by molar-refractivity contribution is -0.142. The second-order valence-electron chi connectivity index (χ2n) is 18.7. The lowest BCUT2D eigenvalue weighted by Gasteiger charge is -2.29. The van der Waals surface area contributed by atoms with E-state index in [4.69, 9.17) is 26.7 Å². The van der Waals surface area contributed by atoms with Crippen LogP contribution >= 0.6 is 0 Å². The molecule has 82 heavy (non-hydrogen) atoms. The van der Waals surface area contributed by atoms with Crippen molar-refractivity contribution in [1.82, 2.24) is 41.0 Å². The zero-order chi connectivity index (χ0) is 59.9. The molecule has 4 aromatic carbocycles. The number of pyridine rings is 4. The summed E-state index contributed by atoms with van der Waals surface area (Å²) in [5, 5.41) is 19.0. The number of hydrogen-bond acceptors (Lipinski definition) is 12. The first kappa shape index (κ1) is 62.6. The number of hydrogen-bond donors (Lipinski definition) is 7. The Balaban J connectivity index is 0.000000248. The van der Waals surface area contributed by atoms with Crippen LogP contribution < -0.4 is 27.9 Å². The summed E-state index contributed by atoms with van der Waals surface area (Å²) in [5.41, 5.74) is 13.6. The Kier molecular flexibility index (Phi) is 23.5. The number of carbonyl (C=O) groups excluding carboxylic acids is 4. The number of fused-ring (bicyclic) bond motifs is 2. The van der Waals surface area contributed by atoms with Crippen LogP contribution in [0.3, 0.4) is 0 Å². The average molecular weight is 1110 g/mol. The van der Waals surface area contributed by atoms with Crippen molar-refractivity contribution >= 4 is 58.4 Å². The number of benzene rings is 4. The number of carbonyl (C=O) groups is 6. The first-order valence-electron chi connectivity index (χ1n) is 25.8. The Morgan fingerprint density at radius 3 is 1.50 bits per heavy atom. The number of nitrogen functional groups attached to an aromatic ring is 2. The lowest BCUT2D eigenvalue weighted by atomic mass is 9.99. The molecular weight excluding hydrogens is 1040 g/mol. The van der Waals surface area contributed by atoms with Gasteiger partial charge in [-0.05, 0) is 116 Å². The molecule has 0 saturated heterocycles. The van der Waals surface area contributed by atoms with Gasteiger partial charge in [0.15, 0.2) is 0 Å². The molecule has 18 nitrogen and oxygen atoms in total. The third kappa shape index (κ3) is 16.9. The van der Waals surface area contributed by atoms with Crippen LogP contribution in [0, 0.1) is 48.3 Å². The standard InChI is InChI=1S/C31H31N5O2.C24H17FN4O.C7H13NO3.CH2O2/c1-5-20(2)21(3)36(4)31(38)25-14-10-23(11-15-25)7-6-22-8-12-24(13-9-22)29-18-26(30(37)35-32)27-19-33-17-16-28(27)34-29;1-15-2-6-17(21(25)12-15)7-3-16-4-8-18(9-5-16)23-13-19(24(30)29-26)20-14-27-11-10-22(20)28-23;1-3-5(2)6(7(10)11)8-4-9;2-1-3/h8-21H,5,32H2,1-4H3,(H,35,37);2,4-6,8-14H,26H2,1H3,(H,29,30);4-6H,3H2,1-2H3,(H,8,9)(H,10,11);1H,(H,2,3). The van der Waals surface area contributed by atoms with Crippen LogP contribution in [-0.4, -0.2) is 90.8 Å². The Bertz CT molecular complexity index is 3670. The number of aliphatic carboxylic acids is 1. The van der Waals surface area contributed by atoms with Crippen molar-refractivity contribution < 1.29 is 43.4 Å². The third-order valence-corrected chi connectivity index (χ3v) is 13.4. The predicted octanol–water partition coefficient (Wildman–Crippen LogP) is 8.49. The molecule has 0 saturated carbocycles. The number of halogens is 1. The summed E-state index contributed by atoms with van der Waals surface area (Å²) < 4.78 is 13.9. The summed E-state index contributed by atoms with van der Waals surface area (Å²) in [5.74, 6) is 21.1. The van der Waals surface area contributed by atoms with Crippen molar-refractivity contribution in [3.63, 3.8) is 0 Å². The van der Waals surface area contributed by atoms with E-state index in [1.165, 1.54) is 6.07 Å². The van der Waals surface area contributed by atoms with Gasteiger partial charge < -0.3 is 20.4 Å². The summed E-state index contributed by atoms with van der Waals surface area (Å²) in [4.78, 5) is 85.4. The van der Waals surface area contributed by atoms with E-state index in [0.717, 1.165) is 46.2 Å². The monoisotopic (exact) mass is 1110 g/mol. The van der Waals surface area contributed by atoms with Crippen LogP contribution in [0.1, 0.15) is 106 Å². The van der Waals surface area contributed by atoms with E-state index in [0.29, 0.717) is 67.8 Å². The Morgan fingerprint density at radius 2 is 1.10 bits per heavy atom. The Labute approximate surface area is 474 Å². The number of rotatable bonds is 13. The molecule has 19 heteroatoms. The van der Waals surface area contributed by atoms with Crippen LogP contribution in [0.5, 0.6) is 0 Å². The fraction of sp³-hybridized carbons (Fsp3) is 0.206. The maximum atomic E-state index is 13.9. The fourth-order valence-electron chi connectivity index (χ4n) is 8.01. The number of aryl methyl sites for hydroxylation is 1. The molecule has 420 valence electrons. The van der Waals surface area contributed by atoms with Gasteiger partial charge in [-0.2, -0.15) is 0 Å². The molecule has 4 heterocycles. The first-order chi connectivity index (χ1) is 39.4. The molecule has 0 radical (unpaired) electrons. The van der Waals surface area contributed by atoms with Gasteiger partial charge in [0.25, 0.3) is 24.2 Å². The summed E-state index contributed by atoms with van der Waals surface area (Å²) in [7, 11) is 1.86. The predicted molar refractivity (Wildman–Crippen MR) is 313 cm³/mol. The van der Waals surface area contributed by atoms with Gasteiger partial charge in [0.2, 0.25) is 6.41 Å². The van der Waals surface area contributed by atoms with E-state index in [2.05, 4.69) is 80.6 Å². The van der Waals surface area contributed by atoms with E-state index in [9.17, 15) is 28.4 Å². The molecule has 9 N–H and O–H groups in total. The Hall–Kier alpha value is -10.2. The molecule has 8 rings (SSSR count). The summed E-state index contributed by atoms with van der Waals surface area (Å²) in [6.45, 7) is 11.6. The minimum atomic E-state index is -0.980. The number of carboxylic acid groups (broad SMARTS) is 2. The molecule has 0 fully saturated rings. The maximum absolute atomic E-state index is 13.9. The average Bonchev–Trinajstić information content (AvgIpc) is 3.69. The zero-order valence-corrected chi connectivity index (χ0v) is 46.3. The number of nitrogens with zero attached hydrogens (tertiary/aromatic N) is 5. The highest BCUT2D eigenvalue weighted by molar-refractivity contribution is 6.07. The molecule has 0 aliphatic rings. The summed E-state index contributed by atoms with van der Waals surface area (Å²) in [6.07, 6.45) is 8.62. The van der Waals surface area contributed by atoms with Crippen LogP contribution in [0.4, 0.5) is 4.39 Å². The first-order valence-corrected chi connectivity index (χ1v) is 25.8. The normalized spacial score (nSPS) is 11.6. The Morgan fingerprint density at radius 1 is 0.659 bits per heavy atom. The second kappa shape index (κ2) is 30.8. The molecule has 0 bridgehead atoms. The highest BCUT2D eigenvalue weighted by Gasteiger charge is 2.23. The molecule has 4 atom stereocenters. The lowest BCUT2D eigenvalue weighted by Crippen LogP contribution is -2.40. The van der Waals surface area contributed by atoms with Gasteiger partial charge in [-0.1, -0.05) is 94.6 Å². The molecule has 0 aliphatic heterocycles. The van der Waals surface area contributed by atoms with Crippen LogP contribution in [0.2, 0.25) is 0 Å². The van der Waals surface area contributed by atoms with E-state index in [1.54, 1.807) is 62.0 Å². The largest absolute Gasteiger partial charge is 0.483 e. The van der Waals surface area contributed by atoms with Crippen molar-refractivity contribution in [2.75, 3.05) is 7.05 Å². The van der Waals surface area contributed by atoms with Crippen molar-refractivity contribution in [2.45, 2.75) is 66.5 Å². The maximum Gasteiger partial charge on any atom is 0.326 e. The summed E-state index contributed by atoms with van der Waals surface area (Å²) in [6, 6.07) is 33.7. The van der Waals surface area contributed by atoms with Gasteiger partial charge in [-0.25, -0.2) is 30.8 Å². The van der Waals surface area contributed by atoms with E-state index in [1.807, 2.05) is 105 Å². The van der Waals surface area contributed by atoms with Gasteiger partial charge in [-0.3, -0.25) is 44.8 Å². The number of hydrazine groups is 2. The van der Waals surface area contributed by atoms with Gasteiger partial charge in [0.1, 0.15) is 11.9 Å². The molecule has 4 amide bonds. The molecule has 4 aromatic heterocycles. The third-order valence-electron chi connectivity index (χ3n) is 13.4. The van der Waals surface area contributed by atoms with E-state index in [-0.39, 0.29) is 30.2 Å². The minimum absolute atomic E-state index is 0.0126. The number of nitrogens with two attached hydrogens (primary N) is 2. The molecule has 8 aromatic rings. The zero-order valence-electron chi connectivity index (χ0n) is 46.3. The number of nitrogens with one attached hydrogen (secondary N) is 3. The smallest absolute Gasteiger partial charge is 0.326 e. The van der Waals surface area contributed by atoms with Crippen LogP contribution in [0.15, 0.2) is 140 Å². The van der Waals surface area contributed by atoms with Gasteiger partial charge in [0.05, 0.1) is 39.1 Å². The molecule has 4 unspecified atom stereocenters. The van der Waals surface area contributed by atoms with Crippen LogP contribution in [-0.2, 0) is 14.4 Å². The SMILES string of the molecule is CCC(C)C(C)N(C)C(=O)c1ccc(C#Cc2ccc(-c3cc(C(=O)NN)c4cnccc4n3)cc2)cc1.CCC(C)C(NC=O)C(=O)O.Cc1ccc(C#Cc2ccc(-c3cc(C(=O)NN)c4cnccc4n3)cc2)c(F)c1.O=CO. The highest BCUT2D eigenvalue weighted by Crippen LogP contribution is 2.27. The number of amides is 4. The number of aromatic nitrogens is 4. The van der Waals surface area contributed by atoms with Crippen molar-refractivity contribution in [3.05, 3.63) is 190 Å². The number of carboxylic acids is 1.